The molecule has 1 aliphatic heterocycles. The van der Waals surface area contributed by atoms with Gasteiger partial charge in [-0.05, 0) is 43.2 Å². The molecule has 0 bridgehead atoms. The summed E-state index contributed by atoms with van der Waals surface area (Å²) in [6.07, 6.45) is 2.06. The molecule has 0 spiro atoms. The van der Waals surface area contributed by atoms with Crippen molar-refractivity contribution < 1.29 is 14.5 Å². The van der Waals surface area contributed by atoms with Crippen LogP contribution in [0.1, 0.15) is 30.1 Å². The Hall–Kier alpha value is -3.42. The molecule has 0 radical (unpaired) electrons. The Morgan fingerprint density at radius 1 is 1.00 bits per heavy atom. The van der Waals surface area contributed by atoms with E-state index < -0.39 is 10.8 Å². The maximum atomic E-state index is 12.8. The second kappa shape index (κ2) is 7.86. The predicted octanol–water partition coefficient (Wildman–Crippen LogP) is 3.41. The Morgan fingerprint density at radius 2 is 1.59 bits per heavy atom. The van der Waals surface area contributed by atoms with E-state index in [1.54, 1.807) is 30.3 Å². The van der Waals surface area contributed by atoms with E-state index in [9.17, 15) is 19.7 Å². The predicted molar refractivity (Wildman–Crippen MR) is 103 cm³/mol. The van der Waals surface area contributed by atoms with Crippen LogP contribution in [0.5, 0.6) is 0 Å². The van der Waals surface area contributed by atoms with Gasteiger partial charge in [0, 0.05) is 43.5 Å². The zero-order valence-electron chi connectivity index (χ0n) is 14.9. The number of nitro groups is 1. The minimum Gasteiger partial charge on any atom is -0.371 e. The summed E-state index contributed by atoms with van der Waals surface area (Å²) in [5.74, 6) is -0.591. The minimum absolute atomic E-state index is 0.121. The SMILES string of the molecule is CC(=O)Nc1ccc(NC(=O)c2cc([N+](=O)[O-])ccc2N2CCCC2)cc1. The largest absolute Gasteiger partial charge is 0.371 e. The number of non-ortho nitro benzene ring substituents is 1. The van der Waals surface area contributed by atoms with E-state index in [4.69, 9.17) is 0 Å². The van der Waals surface area contributed by atoms with E-state index >= 15 is 0 Å². The highest BCUT2D eigenvalue weighted by Crippen LogP contribution is 2.29. The zero-order valence-corrected chi connectivity index (χ0v) is 14.9. The molecule has 2 amide bonds. The van der Waals surface area contributed by atoms with Crippen LogP contribution < -0.4 is 15.5 Å². The van der Waals surface area contributed by atoms with Gasteiger partial charge >= 0.3 is 0 Å². The topological polar surface area (TPSA) is 105 Å². The van der Waals surface area contributed by atoms with Gasteiger partial charge in [-0.2, -0.15) is 0 Å². The first kappa shape index (κ1) is 18.4. The lowest BCUT2D eigenvalue weighted by molar-refractivity contribution is -0.384. The maximum absolute atomic E-state index is 12.8. The molecule has 1 heterocycles. The van der Waals surface area contributed by atoms with Crippen molar-refractivity contribution in [1.29, 1.82) is 0 Å². The van der Waals surface area contributed by atoms with E-state index in [1.807, 2.05) is 0 Å². The molecule has 140 valence electrons. The van der Waals surface area contributed by atoms with E-state index in [2.05, 4.69) is 15.5 Å². The van der Waals surface area contributed by atoms with E-state index in [1.165, 1.54) is 19.1 Å². The molecule has 27 heavy (non-hydrogen) atoms. The second-order valence-corrected chi connectivity index (χ2v) is 6.37. The van der Waals surface area contributed by atoms with Gasteiger partial charge in [0.15, 0.2) is 0 Å². The summed E-state index contributed by atoms with van der Waals surface area (Å²) in [7, 11) is 0. The van der Waals surface area contributed by atoms with Gasteiger partial charge in [0.05, 0.1) is 16.2 Å². The van der Waals surface area contributed by atoms with Crippen molar-refractivity contribution in [1.82, 2.24) is 0 Å². The Balaban J connectivity index is 1.84. The van der Waals surface area contributed by atoms with Gasteiger partial charge in [-0.15, -0.1) is 0 Å². The number of nitrogens with one attached hydrogen (secondary N) is 2. The van der Waals surface area contributed by atoms with Gasteiger partial charge < -0.3 is 15.5 Å². The standard InChI is InChI=1S/C19H20N4O4/c1-13(24)20-14-4-6-15(7-5-14)21-19(25)17-12-16(23(26)27)8-9-18(17)22-10-2-3-11-22/h4-9,12H,2-3,10-11H2,1H3,(H,20,24)(H,21,25). The molecule has 2 aromatic carbocycles. The number of anilines is 3. The van der Waals surface area contributed by atoms with Crippen molar-refractivity contribution in [3.63, 3.8) is 0 Å². The first-order chi connectivity index (χ1) is 12.9. The minimum atomic E-state index is -0.507. The molecule has 0 aromatic heterocycles. The number of carbonyl (C=O) groups is 2. The van der Waals surface area contributed by atoms with Crippen LogP contribution in [0.15, 0.2) is 42.5 Å². The normalized spacial score (nSPS) is 13.3. The molecule has 2 N–H and O–H groups in total. The average Bonchev–Trinajstić information content (AvgIpc) is 3.17. The summed E-state index contributed by atoms with van der Waals surface area (Å²) in [4.78, 5) is 36.5. The molecule has 8 heteroatoms. The van der Waals surface area contributed by atoms with Gasteiger partial charge in [0.1, 0.15) is 0 Å². The molecule has 1 saturated heterocycles. The van der Waals surface area contributed by atoms with Crippen molar-refractivity contribution in [2.75, 3.05) is 28.6 Å². The third-order valence-electron chi connectivity index (χ3n) is 4.35. The second-order valence-electron chi connectivity index (χ2n) is 6.37. The highest BCUT2D eigenvalue weighted by atomic mass is 16.6. The number of hydrogen-bond donors (Lipinski definition) is 2. The summed E-state index contributed by atoms with van der Waals surface area (Å²) in [6.45, 7) is 3.06. The number of nitro benzene ring substituents is 1. The van der Waals surface area contributed by atoms with Crippen LogP contribution in [0.3, 0.4) is 0 Å². The van der Waals surface area contributed by atoms with Crippen LogP contribution in [0.4, 0.5) is 22.7 Å². The highest BCUT2D eigenvalue weighted by Gasteiger charge is 2.22. The number of rotatable bonds is 5. The van der Waals surface area contributed by atoms with Crippen LogP contribution in [0.2, 0.25) is 0 Å². The van der Waals surface area contributed by atoms with Gasteiger partial charge in [-0.1, -0.05) is 0 Å². The van der Waals surface area contributed by atoms with Crippen molar-refractivity contribution in [2.45, 2.75) is 19.8 Å². The van der Waals surface area contributed by atoms with Crippen molar-refractivity contribution in [3.8, 4) is 0 Å². The van der Waals surface area contributed by atoms with E-state index in [0.717, 1.165) is 25.9 Å². The number of nitrogens with zero attached hydrogens (tertiary/aromatic N) is 2. The quantitative estimate of drug-likeness (QED) is 0.622. The van der Waals surface area contributed by atoms with E-state index in [0.29, 0.717) is 17.1 Å². The summed E-state index contributed by atoms with van der Waals surface area (Å²) in [5, 5.41) is 16.5. The van der Waals surface area contributed by atoms with Crippen LogP contribution >= 0.6 is 0 Å². The van der Waals surface area contributed by atoms with Crippen LogP contribution in [-0.2, 0) is 4.79 Å². The molecular formula is C19H20N4O4. The number of carbonyl (C=O) groups excluding carboxylic acids is 2. The molecule has 1 aliphatic rings. The highest BCUT2D eigenvalue weighted by molar-refractivity contribution is 6.08. The summed E-state index contributed by atoms with van der Waals surface area (Å²) >= 11 is 0. The molecule has 8 nitrogen and oxygen atoms in total. The average molecular weight is 368 g/mol. The molecule has 2 aromatic rings. The molecule has 3 rings (SSSR count). The van der Waals surface area contributed by atoms with Gasteiger partial charge in [-0.25, -0.2) is 0 Å². The molecule has 0 saturated carbocycles. The molecule has 0 aliphatic carbocycles. The summed E-state index contributed by atoms with van der Waals surface area (Å²) in [6, 6.07) is 11.0. The number of benzene rings is 2. The van der Waals surface area contributed by atoms with Gasteiger partial charge in [0.25, 0.3) is 11.6 Å². The number of hydrogen-bond acceptors (Lipinski definition) is 5. The lowest BCUT2D eigenvalue weighted by atomic mass is 10.1. The monoisotopic (exact) mass is 368 g/mol. The first-order valence-corrected chi connectivity index (χ1v) is 8.66. The number of amides is 2. The van der Waals surface area contributed by atoms with Crippen LogP contribution in [0.25, 0.3) is 0 Å². The maximum Gasteiger partial charge on any atom is 0.270 e. The third-order valence-corrected chi connectivity index (χ3v) is 4.35. The fourth-order valence-corrected chi connectivity index (χ4v) is 3.09. The molecule has 0 unspecified atom stereocenters. The van der Waals surface area contributed by atoms with Crippen LogP contribution in [0, 0.1) is 10.1 Å². The van der Waals surface area contributed by atoms with Crippen molar-refractivity contribution in [3.05, 3.63) is 58.1 Å². The lowest BCUT2D eigenvalue weighted by Crippen LogP contribution is -2.23. The summed E-state index contributed by atoms with van der Waals surface area (Å²) in [5.41, 5.74) is 2.01. The fourth-order valence-electron chi connectivity index (χ4n) is 3.09. The summed E-state index contributed by atoms with van der Waals surface area (Å²) < 4.78 is 0. The molecule has 1 fully saturated rings. The lowest BCUT2D eigenvalue weighted by Gasteiger charge is -2.21. The Bertz CT molecular complexity index is 874. The molecule has 0 atom stereocenters. The fraction of sp³-hybridized carbons (Fsp3) is 0.263. The smallest absolute Gasteiger partial charge is 0.270 e. The zero-order chi connectivity index (χ0) is 19.4. The Labute approximate surface area is 156 Å². The first-order valence-electron chi connectivity index (χ1n) is 8.66. The third kappa shape index (κ3) is 4.41. The molecular weight excluding hydrogens is 348 g/mol. The van der Waals surface area contributed by atoms with Crippen LogP contribution in [-0.4, -0.2) is 29.8 Å². The van der Waals surface area contributed by atoms with Gasteiger partial charge in [-0.3, -0.25) is 19.7 Å². The van der Waals surface area contributed by atoms with E-state index in [-0.39, 0.29) is 17.2 Å². The van der Waals surface area contributed by atoms with Crippen molar-refractivity contribution in [2.24, 2.45) is 0 Å². The van der Waals surface area contributed by atoms with Gasteiger partial charge in [0.2, 0.25) is 5.91 Å². The Kier molecular flexibility index (Phi) is 5.35. The van der Waals surface area contributed by atoms with Crippen molar-refractivity contribution >= 4 is 34.6 Å². The Morgan fingerprint density at radius 3 is 2.15 bits per heavy atom.